The number of ether oxygens (including phenoxy) is 2. The van der Waals surface area contributed by atoms with Crippen LogP contribution in [0.4, 0.5) is 13.2 Å². The number of amides is 1. The van der Waals surface area contributed by atoms with Gasteiger partial charge >= 0.3 is 12.1 Å². The monoisotopic (exact) mass is 376 g/mol. The Labute approximate surface area is 147 Å². The Kier molecular flexibility index (Phi) is 6.54. The second-order valence-corrected chi connectivity index (χ2v) is 5.77. The van der Waals surface area contributed by atoms with E-state index >= 15 is 0 Å². The molecule has 1 aliphatic carbocycles. The van der Waals surface area contributed by atoms with Gasteiger partial charge in [0.25, 0.3) is 5.91 Å². The van der Waals surface area contributed by atoms with Gasteiger partial charge in [0.2, 0.25) is 0 Å². The summed E-state index contributed by atoms with van der Waals surface area (Å²) < 4.78 is 43.0. The minimum atomic E-state index is -5.08. The normalized spacial score (nSPS) is 25.1. The van der Waals surface area contributed by atoms with E-state index in [9.17, 15) is 18.0 Å². The number of rotatable bonds is 2. The smallest absolute Gasteiger partial charge is 0.475 e. The van der Waals surface area contributed by atoms with Crippen molar-refractivity contribution < 1.29 is 37.3 Å². The van der Waals surface area contributed by atoms with Gasteiger partial charge in [0.15, 0.2) is 0 Å². The molecule has 26 heavy (non-hydrogen) atoms. The molecule has 1 saturated heterocycles. The number of carbonyl (C=O) groups is 2. The minimum absolute atomic E-state index is 0.00402. The number of morpholine rings is 1. The molecule has 1 amide bonds. The van der Waals surface area contributed by atoms with Gasteiger partial charge < -0.3 is 19.5 Å². The Morgan fingerprint density at radius 3 is 2.58 bits per heavy atom. The van der Waals surface area contributed by atoms with E-state index in [-0.39, 0.29) is 24.2 Å². The lowest BCUT2D eigenvalue weighted by molar-refractivity contribution is -0.192. The number of aromatic nitrogens is 1. The highest BCUT2D eigenvalue weighted by atomic mass is 19.4. The fourth-order valence-electron chi connectivity index (χ4n) is 3.06. The molecule has 1 aromatic rings. The standard InChI is InChI=1S/C14H18N2O3.C2HF3O2/c1-18-12-6-5-11-13(12)19-9-8-16(11)14(17)10-4-2-3-7-15-10;3-2(4,5)1(6)7/h2-4,7,11-13H,5-6,8-9H2,1H3;(H,6,7)/t11-,12+,13+;/m0./s1. The van der Waals surface area contributed by atoms with Gasteiger partial charge in [-0.25, -0.2) is 4.79 Å². The summed E-state index contributed by atoms with van der Waals surface area (Å²) >= 11 is 0. The van der Waals surface area contributed by atoms with E-state index < -0.39 is 12.1 Å². The molecule has 3 rings (SSSR count). The maximum absolute atomic E-state index is 12.5. The molecule has 2 aliphatic rings. The molecule has 1 aliphatic heterocycles. The molecular formula is C16H19F3N2O5. The van der Waals surface area contributed by atoms with E-state index in [1.807, 2.05) is 17.0 Å². The molecule has 0 radical (unpaired) electrons. The largest absolute Gasteiger partial charge is 0.490 e. The van der Waals surface area contributed by atoms with Crippen LogP contribution in [-0.4, -0.2) is 71.6 Å². The molecule has 2 fully saturated rings. The second-order valence-electron chi connectivity index (χ2n) is 5.77. The Morgan fingerprint density at radius 1 is 1.35 bits per heavy atom. The summed E-state index contributed by atoms with van der Waals surface area (Å²) in [4.78, 5) is 27.4. The van der Waals surface area contributed by atoms with Crippen LogP contribution in [0.15, 0.2) is 24.4 Å². The van der Waals surface area contributed by atoms with E-state index in [4.69, 9.17) is 19.4 Å². The van der Waals surface area contributed by atoms with Crippen LogP contribution in [0.2, 0.25) is 0 Å². The number of fused-ring (bicyclic) bond motifs is 1. The van der Waals surface area contributed by atoms with Gasteiger partial charge in [-0.15, -0.1) is 0 Å². The molecule has 0 unspecified atom stereocenters. The lowest BCUT2D eigenvalue weighted by atomic mass is 10.1. The number of hydrogen-bond donors (Lipinski definition) is 1. The van der Waals surface area contributed by atoms with Crippen molar-refractivity contribution in [1.82, 2.24) is 9.88 Å². The predicted octanol–water partition coefficient (Wildman–Crippen LogP) is 1.73. The van der Waals surface area contributed by atoms with Gasteiger partial charge in [-0.05, 0) is 25.0 Å². The van der Waals surface area contributed by atoms with Crippen molar-refractivity contribution in [3.63, 3.8) is 0 Å². The van der Waals surface area contributed by atoms with Crippen molar-refractivity contribution in [2.24, 2.45) is 0 Å². The van der Waals surface area contributed by atoms with Crippen LogP contribution in [0.5, 0.6) is 0 Å². The summed E-state index contributed by atoms with van der Waals surface area (Å²) in [6, 6.07) is 5.53. The summed E-state index contributed by atoms with van der Waals surface area (Å²) in [7, 11) is 1.70. The number of hydrogen-bond acceptors (Lipinski definition) is 5. The first-order chi connectivity index (χ1) is 12.3. The van der Waals surface area contributed by atoms with Crippen LogP contribution in [-0.2, 0) is 14.3 Å². The van der Waals surface area contributed by atoms with Crippen molar-refractivity contribution in [3.8, 4) is 0 Å². The molecule has 144 valence electrons. The highest BCUT2D eigenvalue weighted by molar-refractivity contribution is 5.92. The summed E-state index contributed by atoms with van der Waals surface area (Å²) in [5.41, 5.74) is 0.504. The summed E-state index contributed by atoms with van der Waals surface area (Å²) in [6.07, 6.45) is -1.45. The number of carboxylic acid groups (broad SMARTS) is 1. The molecule has 3 atom stereocenters. The van der Waals surface area contributed by atoms with Crippen LogP contribution < -0.4 is 0 Å². The molecule has 1 N–H and O–H groups in total. The third-order valence-electron chi connectivity index (χ3n) is 4.23. The Morgan fingerprint density at radius 2 is 2.04 bits per heavy atom. The van der Waals surface area contributed by atoms with Crippen molar-refractivity contribution in [2.75, 3.05) is 20.3 Å². The first-order valence-corrected chi connectivity index (χ1v) is 7.92. The second kappa shape index (κ2) is 8.45. The van der Waals surface area contributed by atoms with Crippen LogP contribution >= 0.6 is 0 Å². The van der Waals surface area contributed by atoms with E-state index in [1.54, 1.807) is 19.4 Å². The molecule has 0 aromatic carbocycles. The Balaban J connectivity index is 0.000000298. The predicted molar refractivity (Wildman–Crippen MR) is 82.5 cm³/mol. The van der Waals surface area contributed by atoms with Gasteiger partial charge in [-0.1, -0.05) is 6.07 Å². The average molecular weight is 376 g/mol. The Bertz CT molecular complexity index is 626. The van der Waals surface area contributed by atoms with Crippen LogP contribution in [0.1, 0.15) is 23.3 Å². The quantitative estimate of drug-likeness (QED) is 0.846. The number of nitrogens with zero attached hydrogens (tertiary/aromatic N) is 2. The molecule has 2 heterocycles. The summed E-state index contributed by atoms with van der Waals surface area (Å²) in [6.45, 7) is 1.20. The first kappa shape index (κ1) is 20.1. The van der Waals surface area contributed by atoms with Crippen LogP contribution in [0.3, 0.4) is 0 Å². The van der Waals surface area contributed by atoms with Crippen molar-refractivity contribution in [3.05, 3.63) is 30.1 Å². The number of halogens is 3. The molecule has 7 nitrogen and oxygen atoms in total. The van der Waals surface area contributed by atoms with Crippen LogP contribution in [0, 0.1) is 0 Å². The molecule has 0 bridgehead atoms. The third-order valence-corrected chi connectivity index (χ3v) is 4.23. The highest BCUT2D eigenvalue weighted by Gasteiger charge is 2.44. The van der Waals surface area contributed by atoms with Gasteiger partial charge in [0.1, 0.15) is 11.8 Å². The maximum Gasteiger partial charge on any atom is 0.490 e. The number of methoxy groups -OCH3 is 1. The SMILES string of the molecule is CO[C@@H]1CC[C@H]2[C@H]1OCCN2C(=O)c1ccccn1.O=C(O)C(F)(F)F. The zero-order valence-corrected chi connectivity index (χ0v) is 14.0. The molecule has 1 saturated carbocycles. The number of pyridine rings is 1. The zero-order valence-electron chi connectivity index (χ0n) is 14.0. The van der Waals surface area contributed by atoms with Crippen molar-refractivity contribution >= 4 is 11.9 Å². The number of carboxylic acids is 1. The highest BCUT2D eigenvalue weighted by Crippen LogP contribution is 2.32. The Hall–Kier alpha value is -2.20. The fraction of sp³-hybridized carbons (Fsp3) is 0.562. The van der Waals surface area contributed by atoms with Gasteiger partial charge in [0, 0.05) is 19.9 Å². The zero-order chi connectivity index (χ0) is 19.3. The van der Waals surface area contributed by atoms with E-state index in [1.165, 1.54) is 0 Å². The molecular weight excluding hydrogens is 357 g/mol. The lowest BCUT2D eigenvalue weighted by Gasteiger charge is -2.38. The number of alkyl halides is 3. The van der Waals surface area contributed by atoms with Crippen molar-refractivity contribution in [1.29, 1.82) is 0 Å². The van der Waals surface area contributed by atoms with Gasteiger partial charge in [-0.2, -0.15) is 13.2 Å². The van der Waals surface area contributed by atoms with Crippen LogP contribution in [0.25, 0.3) is 0 Å². The molecule has 10 heteroatoms. The summed E-state index contributed by atoms with van der Waals surface area (Å²) in [5.74, 6) is -2.76. The lowest BCUT2D eigenvalue weighted by Crippen LogP contribution is -2.53. The topological polar surface area (TPSA) is 89.0 Å². The fourth-order valence-corrected chi connectivity index (χ4v) is 3.06. The summed E-state index contributed by atoms with van der Waals surface area (Å²) in [5, 5.41) is 7.12. The first-order valence-electron chi connectivity index (χ1n) is 7.92. The number of carbonyl (C=O) groups excluding carboxylic acids is 1. The van der Waals surface area contributed by atoms with E-state index in [2.05, 4.69) is 4.98 Å². The van der Waals surface area contributed by atoms with E-state index in [0.29, 0.717) is 18.8 Å². The van der Waals surface area contributed by atoms with Gasteiger partial charge in [-0.3, -0.25) is 9.78 Å². The van der Waals surface area contributed by atoms with Gasteiger partial charge in [0.05, 0.1) is 18.8 Å². The molecule has 1 aromatic heterocycles. The third kappa shape index (κ3) is 4.70. The minimum Gasteiger partial charge on any atom is -0.475 e. The maximum atomic E-state index is 12.5. The average Bonchev–Trinajstić information content (AvgIpc) is 3.05. The van der Waals surface area contributed by atoms with E-state index in [0.717, 1.165) is 12.8 Å². The molecule has 0 spiro atoms. The van der Waals surface area contributed by atoms with Crippen molar-refractivity contribution in [2.45, 2.75) is 37.3 Å². The number of aliphatic carboxylic acids is 1.